The van der Waals surface area contributed by atoms with Gasteiger partial charge in [0.05, 0.1) is 5.69 Å². The molecule has 0 amide bonds. The van der Waals surface area contributed by atoms with Gasteiger partial charge >= 0.3 is 0 Å². The highest BCUT2D eigenvalue weighted by Gasteiger charge is 2.09. The van der Waals surface area contributed by atoms with Crippen LogP contribution < -0.4 is 5.43 Å². The van der Waals surface area contributed by atoms with Crippen molar-refractivity contribution in [3.05, 3.63) is 34.3 Å². The van der Waals surface area contributed by atoms with E-state index in [-0.39, 0.29) is 5.75 Å². The third-order valence-electron chi connectivity index (χ3n) is 2.34. The van der Waals surface area contributed by atoms with Gasteiger partial charge in [-0.2, -0.15) is 0 Å². The van der Waals surface area contributed by atoms with E-state index in [1.165, 1.54) is 12.3 Å². The summed E-state index contributed by atoms with van der Waals surface area (Å²) < 4.78 is 5.17. The summed E-state index contributed by atoms with van der Waals surface area (Å²) in [4.78, 5) is 14.1. The summed E-state index contributed by atoms with van der Waals surface area (Å²) in [5.41, 5.74) is 0.663. The van der Waals surface area contributed by atoms with E-state index in [0.29, 0.717) is 17.3 Å². The van der Waals surface area contributed by atoms with E-state index >= 15 is 0 Å². The van der Waals surface area contributed by atoms with Crippen LogP contribution in [0.15, 0.2) is 27.6 Å². The molecule has 0 saturated heterocycles. The first-order chi connectivity index (χ1) is 8.06. The average Bonchev–Trinajstić information content (AvgIpc) is 2.69. The molecule has 0 spiro atoms. The van der Waals surface area contributed by atoms with Crippen LogP contribution in [0.25, 0.3) is 11.4 Å². The van der Waals surface area contributed by atoms with Crippen molar-refractivity contribution in [3.63, 3.8) is 0 Å². The van der Waals surface area contributed by atoms with Crippen molar-refractivity contribution in [2.45, 2.75) is 20.3 Å². The predicted molar refractivity (Wildman–Crippen MR) is 62.8 cm³/mol. The molecule has 5 heteroatoms. The Bertz CT molecular complexity index is 569. The molecule has 0 radical (unpaired) electrons. The van der Waals surface area contributed by atoms with Gasteiger partial charge in [-0.05, 0) is 5.92 Å². The fourth-order valence-electron chi connectivity index (χ4n) is 1.55. The first-order valence-electron chi connectivity index (χ1n) is 5.44. The number of nitrogens with one attached hydrogen (secondary N) is 1. The lowest BCUT2D eigenvalue weighted by Crippen LogP contribution is -2.00. The number of aromatic hydroxyl groups is 1. The fourth-order valence-corrected chi connectivity index (χ4v) is 1.55. The van der Waals surface area contributed by atoms with Crippen LogP contribution in [-0.2, 0) is 6.42 Å². The molecule has 5 nitrogen and oxygen atoms in total. The van der Waals surface area contributed by atoms with Crippen molar-refractivity contribution in [2.75, 3.05) is 0 Å². The van der Waals surface area contributed by atoms with Crippen molar-refractivity contribution < 1.29 is 9.63 Å². The Balaban J connectivity index is 2.30. The quantitative estimate of drug-likeness (QED) is 0.850. The Morgan fingerprint density at radius 3 is 2.88 bits per heavy atom. The van der Waals surface area contributed by atoms with Crippen molar-refractivity contribution >= 4 is 0 Å². The summed E-state index contributed by atoms with van der Waals surface area (Å²) in [6.45, 7) is 4.18. The van der Waals surface area contributed by atoms with Crippen LogP contribution in [0.5, 0.6) is 5.75 Å². The molecule has 0 aliphatic carbocycles. The van der Waals surface area contributed by atoms with Crippen LogP contribution in [0.3, 0.4) is 0 Å². The molecule has 2 aromatic heterocycles. The molecule has 0 atom stereocenters. The molecule has 2 N–H and O–H groups in total. The summed E-state index contributed by atoms with van der Waals surface area (Å²) in [5, 5.41) is 13.0. The van der Waals surface area contributed by atoms with E-state index in [0.717, 1.165) is 12.2 Å². The lowest BCUT2D eigenvalue weighted by Gasteiger charge is -1.97. The normalized spacial score (nSPS) is 11.0. The number of rotatable bonds is 3. The van der Waals surface area contributed by atoms with Crippen molar-refractivity contribution in [1.82, 2.24) is 10.1 Å². The maximum Gasteiger partial charge on any atom is 0.223 e. The van der Waals surface area contributed by atoms with Crippen LogP contribution in [-0.4, -0.2) is 15.2 Å². The predicted octanol–water partition coefficient (Wildman–Crippen LogP) is 1.93. The summed E-state index contributed by atoms with van der Waals surface area (Å²) in [6, 6.07) is 3.09. The third kappa shape index (κ3) is 2.55. The van der Waals surface area contributed by atoms with Gasteiger partial charge in [-0.15, -0.1) is 0 Å². The van der Waals surface area contributed by atoms with Crippen molar-refractivity contribution in [1.29, 1.82) is 0 Å². The van der Waals surface area contributed by atoms with Gasteiger partial charge in [-0.25, -0.2) is 0 Å². The van der Waals surface area contributed by atoms with E-state index in [1.807, 2.05) is 0 Å². The number of aromatic nitrogens is 2. The second-order valence-electron chi connectivity index (χ2n) is 4.37. The Morgan fingerprint density at radius 1 is 1.47 bits per heavy atom. The lowest BCUT2D eigenvalue weighted by atomic mass is 10.1. The minimum Gasteiger partial charge on any atom is -0.503 e. The number of nitrogens with zero attached hydrogens (tertiary/aromatic N) is 1. The molecule has 0 aliphatic rings. The van der Waals surface area contributed by atoms with Gasteiger partial charge in [0.2, 0.25) is 5.43 Å². The zero-order valence-corrected chi connectivity index (χ0v) is 9.73. The minimum atomic E-state index is -0.438. The van der Waals surface area contributed by atoms with E-state index in [4.69, 9.17) is 9.63 Å². The third-order valence-corrected chi connectivity index (χ3v) is 2.34. The highest BCUT2D eigenvalue weighted by atomic mass is 16.5. The zero-order chi connectivity index (χ0) is 12.4. The van der Waals surface area contributed by atoms with Crippen LogP contribution in [0.4, 0.5) is 0 Å². The molecule has 0 aromatic carbocycles. The van der Waals surface area contributed by atoms with Gasteiger partial charge in [-0.1, -0.05) is 19.0 Å². The number of pyridine rings is 1. The maximum absolute atomic E-state index is 11.3. The number of aromatic amines is 1. The number of hydrogen-bond donors (Lipinski definition) is 2. The highest BCUT2D eigenvalue weighted by Crippen LogP contribution is 2.18. The molecular formula is C12H14N2O3. The molecule has 2 aromatic rings. The molecule has 0 bridgehead atoms. The molecule has 0 unspecified atom stereocenters. The standard InChI is InChI=1S/C12H14N2O3/c1-7(2)3-8-4-10(14-17-8)9-5-11(15)12(16)6-13-9/h4-7,16H,3H2,1-2H3,(H,13,15). The van der Waals surface area contributed by atoms with Gasteiger partial charge in [-0.3, -0.25) is 4.79 Å². The van der Waals surface area contributed by atoms with Crippen LogP contribution in [0, 0.1) is 5.92 Å². The Hall–Kier alpha value is -2.04. The SMILES string of the molecule is CC(C)Cc1cc(-c2cc(=O)c(O)c[nH]2)no1. The zero-order valence-electron chi connectivity index (χ0n) is 9.73. The average molecular weight is 234 g/mol. The molecule has 0 aliphatic heterocycles. The van der Waals surface area contributed by atoms with Crippen LogP contribution >= 0.6 is 0 Å². The van der Waals surface area contributed by atoms with Crippen molar-refractivity contribution in [2.24, 2.45) is 5.92 Å². The Labute approximate surface area is 98.1 Å². The monoisotopic (exact) mass is 234 g/mol. The smallest absolute Gasteiger partial charge is 0.223 e. The van der Waals surface area contributed by atoms with E-state index in [9.17, 15) is 4.79 Å². The molecule has 0 fully saturated rings. The topological polar surface area (TPSA) is 79.1 Å². The van der Waals surface area contributed by atoms with Gasteiger partial charge in [0, 0.05) is 24.8 Å². The van der Waals surface area contributed by atoms with Crippen LogP contribution in [0.2, 0.25) is 0 Å². The fraction of sp³-hybridized carbons (Fsp3) is 0.333. The van der Waals surface area contributed by atoms with Crippen LogP contribution in [0.1, 0.15) is 19.6 Å². The molecule has 0 saturated carbocycles. The molecule has 90 valence electrons. The summed E-state index contributed by atoms with van der Waals surface area (Å²) in [6.07, 6.45) is 2.05. The molecule has 2 heterocycles. The highest BCUT2D eigenvalue weighted by molar-refractivity contribution is 5.54. The Kier molecular flexibility index (Phi) is 2.99. The second-order valence-corrected chi connectivity index (χ2v) is 4.37. The van der Waals surface area contributed by atoms with Gasteiger partial charge < -0.3 is 14.6 Å². The van der Waals surface area contributed by atoms with Gasteiger partial charge in [0.15, 0.2) is 5.75 Å². The van der Waals surface area contributed by atoms with Crippen molar-refractivity contribution in [3.8, 4) is 17.1 Å². The summed E-state index contributed by atoms with van der Waals surface area (Å²) >= 11 is 0. The molecule has 2 rings (SSSR count). The first kappa shape index (κ1) is 11.4. The van der Waals surface area contributed by atoms with E-state index in [1.54, 1.807) is 6.07 Å². The van der Waals surface area contributed by atoms with E-state index < -0.39 is 5.43 Å². The number of H-pyrrole nitrogens is 1. The van der Waals surface area contributed by atoms with Gasteiger partial charge in [0.25, 0.3) is 0 Å². The largest absolute Gasteiger partial charge is 0.503 e. The number of hydrogen-bond acceptors (Lipinski definition) is 4. The molecule has 17 heavy (non-hydrogen) atoms. The summed E-state index contributed by atoms with van der Waals surface area (Å²) in [7, 11) is 0. The Morgan fingerprint density at radius 2 is 2.24 bits per heavy atom. The summed E-state index contributed by atoms with van der Waals surface area (Å²) in [5.74, 6) is 0.957. The minimum absolute atomic E-state index is 0.306. The van der Waals surface area contributed by atoms with Gasteiger partial charge in [0.1, 0.15) is 11.5 Å². The second kappa shape index (κ2) is 4.45. The van der Waals surface area contributed by atoms with E-state index in [2.05, 4.69) is 24.0 Å². The molecular weight excluding hydrogens is 220 g/mol. The lowest BCUT2D eigenvalue weighted by molar-refractivity contribution is 0.370. The maximum atomic E-state index is 11.3. The first-order valence-corrected chi connectivity index (χ1v) is 5.44.